The first-order valence-corrected chi connectivity index (χ1v) is 8.02. The third-order valence-corrected chi connectivity index (χ3v) is 3.92. The van der Waals surface area contributed by atoms with Gasteiger partial charge in [-0.25, -0.2) is 4.98 Å². The predicted molar refractivity (Wildman–Crippen MR) is 86.5 cm³/mol. The molecule has 0 saturated carbocycles. The van der Waals surface area contributed by atoms with E-state index in [9.17, 15) is 14.4 Å². The molecule has 0 spiro atoms. The summed E-state index contributed by atoms with van der Waals surface area (Å²) in [4.78, 5) is 43.2. The number of nitrogens with zero attached hydrogens (tertiary/aromatic N) is 2. The Morgan fingerprint density at radius 3 is 2.92 bits per heavy atom. The number of thioether (sulfide) groups is 1. The minimum absolute atomic E-state index is 0.0969. The lowest BCUT2D eigenvalue weighted by atomic mass is 10.3. The monoisotopic (exact) mass is 351 g/mol. The molecule has 0 unspecified atom stereocenters. The van der Waals surface area contributed by atoms with E-state index in [-0.39, 0.29) is 28.8 Å². The molecular weight excluding hydrogens is 334 g/mol. The van der Waals surface area contributed by atoms with Crippen LogP contribution in [0.5, 0.6) is 0 Å². The van der Waals surface area contributed by atoms with Crippen molar-refractivity contribution in [2.45, 2.75) is 18.1 Å². The van der Waals surface area contributed by atoms with Gasteiger partial charge in [-0.1, -0.05) is 11.8 Å². The largest absolute Gasteiger partial charge is 0.469 e. The Hall–Kier alpha value is -2.55. The van der Waals surface area contributed by atoms with Crippen LogP contribution in [0.1, 0.15) is 11.5 Å². The van der Waals surface area contributed by atoms with E-state index in [2.05, 4.69) is 14.7 Å². The van der Waals surface area contributed by atoms with Crippen molar-refractivity contribution in [3.05, 3.63) is 46.3 Å². The number of amides is 1. The zero-order valence-electron chi connectivity index (χ0n) is 13.3. The van der Waals surface area contributed by atoms with Gasteiger partial charge < -0.3 is 19.0 Å². The minimum atomic E-state index is -0.488. The third kappa shape index (κ3) is 5.27. The minimum Gasteiger partial charge on any atom is -0.469 e. The van der Waals surface area contributed by atoms with Crippen LogP contribution < -0.4 is 5.56 Å². The molecule has 0 bridgehead atoms. The van der Waals surface area contributed by atoms with Crippen molar-refractivity contribution in [1.82, 2.24) is 14.9 Å². The smallest absolute Gasteiger partial charge is 0.311 e. The first-order valence-electron chi connectivity index (χ1n) is 7.04. The number of nitrogens with one attached hydrogen (secondary N) is 1. The van der Waals surface area contributed by atoms with Gasteiger partial charge in [-0.2, -0.15) is 0 Å². The summed E-state index contributed by atoms with van der Waals surface area (Å²) in [5.41, 5.74) is -0.0905. The van der Waals surface area contributed by atoms with Crippen LogP contribution in [0.2, 0.25) is 0 Å². The maximum absolute atomic E-state index is 12.1. The lowest BCUT2D eigenvalue weighted by molar-refractivity contribution is -0.139. The molecule has 0 aliphatic rings. The summed E-state index contributed by atoms with van der Waals surface area (Å²) in [6.07, 6.45) is 1.45. The van der Waals surface area contributed by atoms with Crippen LogP contribution in [-0.4, -0.2) is 46.7 Å². The van der Waals surface area contributed by atoms with E-state index < -0.39 is 5.97 Å². The van der Waals surface area contributed by atoms with E-state index in [0.717, 1.165) is 11.8 Å². The number of carbonyl (C=O) groups is 2. The first kappa shape index (κ1) is 17.8. The number of aromatic nitrogens is 2. The van der Waals surface area contributed by atoms with Gasteiger partial charge in [-0.15, -0.1) is 0 Å². The lowest BCUT2D eigenvalue weighted by Crippen LogP contribution is -2.27. The number of hydrogen-bond donors (Lipinski definition) is 1. The molecule has 0 saturated heterocycles. The predicted octanol–water partition coefficient (Wildman–Crippen LogP) is 0.829. The van der Waals surface area contributed by atoms with Crippen LogP contribution in [0.3, 0.4) is 0 Å². The van der Waals surface area contributed by atoms with Crippen molar-refractivity contribution in [3.8, 4) is 0 Å². The summed E-state index contributed by atoms with van der Waals surface area (Å²) in [5, 5.41) is 0.279. The Kier molecular flexibility index (Phi) is 6.19. The molecular formula is C15H17N3O5S. The van der Waals surface area contributed by atoms with Crippen molar-refractivity contribution in [2.75, 3.05) is 19.9 Å². The van der Waals surface area contributed by atoms with E-state index in [1.807, 2.05) is 0 Å². The van der Waals surface area contributed by atoms with Gasteiger partial charge in [0.2, 0.25) is 5.91 Å². The maximum Gasteiger partial charge on any atom is 0.311 e. The van der Waals surface area contributed by atoms with Crippen molar-refractivity contribution in [2.24, 2.45) is 0 Å². The quantitative estimate of drug-likeness (QED) is 0.447. The Bertz CT molecular complexity index is 757. The van der Waals surface area contributed by atoms with Gasteiger partial charge >= 0.3 is 5.97 Å². The van der Waals surface area contributed by atoms with Gasteiger partial charge in [0.25, 0.3) is 5.56 Å². The van der Waals surface area contributed by atoms with Gasteiger partial charge in [-0.05, 0) is 12.1 Å². The molecule has 2 aromatic heterocycles. The maximum atomic E-state index is 12.1. The highest BCUT2D eigenvalue weighted by Gasteiger charge is 2.13. The number of furan rings is 1. The summed E-state index contributed by atoms with van der Waals surface area (Å²) in [6, 6.07) is 4.77. The lowest BCUT2D eigenvalue weighted by Gasteiger charge is -2.15. The Balaban J connectivity index is 1.94. The first-order chi connectivity index (χ1) is 11.5. The number of ether oxygens (including phenoxy) is 1. The van der Waals surface area contributed by atoms with E-state index >= 15 is 0 Å². The molecule has 0 aromatic carbocycles. The standard InChI is InChI=1S/C15H17N3O5S/c1-18(8-11-4-3-5-23-11)13(20)9-24-15-16-10(6-12(19)17-15)7-14(21)22-2/h3-6H,7-9H2,1-2H3,(H,16,17,19). The average molecular weight is 351 g/mol. The molecule has 0 atom stereocenters. The van der Waals surface area contributed by atoms with Crippen LogP contribution in [0.4, 0.5) is 0 Å². The van der Waals surface area contributed by atoms with Gasteiger partial charge in [-0.3, -0.25) is 14.4 Å². The van der Waals surface area contributed by atoms with Crippen molar-refractivity contribution >= 4 is 23.6 Å². The molecule has 2 aromatic rings. The molecule has 1 N–H and O–H groups in total. The molecule has 24 heavy (non-hydrogen) atoms. The molecule has 9 heteroatoms. The molecule has 0 aliphatic carbocycles. The zero-order chi connectivity index (χ0) is 17.5. The summed E-state index contributed by atoms with van der Waals surface area (Å²) in [5.74, 6) is 0.153. The SMILES string of the molecule is COC(=O)Cc1cc(=O)[nH]c(SCC(=O)N(C)Cc2ccco2)n1. The summed E-state index contributed by atoms with van der Waals surface area (Å²) >= 11 is 1.09. The topological polar surface area (TPSA) is 106 Å². The second-order valence-electron chi connectivity index (χ2n) is 4.91. The zero-order valence-corrected chi connectivity index (χ0v) is 14.1. The Morgan fingerprint density at radius 2 is 2.25 bits per heavy atom. The van der Waals surface area contributed by atoms with E-state index in [1.54, 1.807) is 25.4 Å². The van der Waals surface area contributed by atoms with Crippen LogP contribution in [0, 0.1) is 0 Å². The number of carbonyl (C=O) groups excluding carboxylic acids is 2. The van der Waals surface area contributed by atoms with Crippen LogP contribution in [-0.2, 0) is 27.3 Å². The van der Waals surface area contributed by atoms with E-state index in [4.69, 9.17) is 4.42 Å². The summed E-state index contributed by atoms with van der Waals surface area (Å²) in [6.45, 7) is 0.360. The Morgan fingerprint density at radius 1 is 1.46 bits per heavy atom. The number of rotatable bonds is 7. The Labute approximate surface area is 142 Å². The van der Waals surface area contributed by atoms with Crippen molar-refractivity contribution in [3.63, 3.8) is 0 Å². The number of methoxy groups -OCH3 is 1. The number of H-pyrrole nitrogens is 1. The van der Waals surface area contributed by atoms with Gasteiger partial charge in [0.05, 0.1) is 37.8 Å². The average Bonchev–Trinajstić information content (AvgIpc) is 3.04. The number of aromatic amines is 1. The number of hydrogen-bond acceptors (Lipinski definition) is 7. The fourth-order valence-corrected chi connectivity index (χ4v) is 2.66. The van der Waals surface area contributed by atoms with Gasteiger partial charge in [0.15, 0.2) is 5.16 Å². The van der Waals surface area contributed by atoms with E-state index in [0.29, 0.717) is 18.0 Å². The van der Waals surface area contributed by atoms with Gasteiger partial charge in [0, 0.05) is 13.1 Å². The molecule has 1 amide bonds. The highest BCUT2D eigenvalue weighted by atomic mass is 32.2. The van der Waals surface area contributed by atoms with Crippen molar-refractivity contribution in [1.29, 1.82) is 0 Å². The van der Waals surface area contributed by atoms with Crippen molar-refractivity contribution < 1.29 is 18.7 Å². The fourth-order valence-electron chi connectivity index (χ4n) is 1.83. The van der Waals surface area contributed by atoms with Crippen LogP contribution >= 0.6 is 11.8 Å². The molecule has 0 radical (unpaired) electrons. The summed E-state index contributed by atoms with van der Waals surface area (Å²) < 4.78 is 9.74. The second kappa shape index (κ2) is 8.34. The molecule has 128 valence electrons. The molecule has 8 nitrogen and oxygen atoms in total. The highest BCUT2D eigenvalue weighted by molar-refractivity contribution is 7.99. The second-order valence-corrected chi connectivity index (χ2v) is 5.88. The third-order valence-electron chi connectivity index (χ3n) is 3.06. The number of esters is 1. The molecule has 2 heterocycles. The fraction of sp³-hybridized carbons (Fsp3) is 0.333. The summed E-state index contributed by atoms with van der Waals surface area (Å²) in [7, 11) is 2.92. The molecule has 0 fully saturated rings. The van der Waals surface area contributed by atoms with Crippen LogP contribution in [0.15, 0.2) is 38.8 Å². The van der Waals surface area contributed by atoms with Crippen LogP contribution in [0.25, 0.3) is 0 Å². The normalized spacial score (nSPS) is 10.4. The molecule has 0 aliphatic heterocycles. The highest BCUT2D eigenvalue weighted by Crippen LogP contribution is 2.13. The van der Waals surface area contributed by atoms with E-state index in [1.165, 1.54) is 18.1 Å². The molecule has 2 rings (SSSR count). The van der Waals surface area contributed by atoms with Gasteiger partial charge in [0.1, 0.15) is 5.76 Å².